The van der Waals surface area contributed by atoms with Crippen LogP contribution in [0.15, 0.2) is 18.2 Å². The van der Waals surface area contributed by atoms with Crippen molar-refractivity contribution in [3.8, 4) is 6.07 Å². The van der Waals surface area contributed by atoms with Gasteiger partial charge in [0, 0.05) is 18.1 Å². The van der Waals surface area contributed by atoms with Gasteiger partial charge in [-0.3, -0.25) is 4.79 Å². The fourth-order valence-corrected chi connectivity index (χ4v) is 2.98. The van der Waals surface area contributed by atoms with Crippen LogP contribution in [0.1, 0.15) is 31.7 Å². The molecule has 0 bridgehead atoms. The highest BCUT2D eigenvalue weighted by Crippen LogP contribution is 2.37. The number of halogens is 1. The lowest BCUT2D eigenvalue weighted by Crippen LogP contribution is -2.47. The van der Waals surface area contributed by atoms with Crippen LogP contribution in [-0.2, 0) is 4.79 Å². The van der Waals surface area contributed by atoms with Crippen molar-refractivity contribution in [3.05, 3.63) is 28.8 Å². The average Bonchev–Trinajstić information content (AvgIpc) is 2.47. The molecule has 1 heterocycles. The van der Waals surface area contributed by atoms with Crippen molar-refractivity contribution < 1.29 is 9.90 Å². The topological polar surface area (TPSA) is 64.3 Å². The number of piperidine rings is 1. The quantitative estimate of drug-likeness (QED) is 0.928. The minimum atomic E-state index is -0.759. The van der Waals surface area contributed by atoms with Crippen molar-refractivity contribution in [1.82, 2.24) is 0 Å². The molecule has 0 aromatic heterocycles. The number of carboxylic acids is 1. The van der Waals surface area contributed by atoms with Gasteiger partial charge in [0.05, 0.1) is 16.7 Å². The Morgan fingerprint density at radius 1 is 1.60 bits per heavy atom. The fourth-order valence-electron chi connectivity index (χ4n) is 2.81. The second kappa shape index (κ2) is 5.72. The zero-order valence-electron chi connectivity index (χ0n) is 11.4. The number of hydrogen-bond acceptors (Lipinski definition) is 3. The van der Waals surface area contributed by atoms with Crippen molar-refractivity contribution in [2.24, 2.45) is 5.41 Å². The minimum absolute atomic E-state index is 0.424. The third-order valence-electron chi connectivity index (χ3n) is 4.13. The van der Waals surface area contributed by atoms with Gasteiger partial charge in [-0.05, 0) is 37.5 Å². The van der Waals surface area contributed by atoms with Crippen LogP contribution < -0.4 is 4.90 Å². The number of nitriles is 1. The molecular weight excluding hydrogens is 276 g/mol. The molecule has 1 unspecified atom stereocenters. The van der Waals surface area contributed by atoms with Gasteiger partial charge < -0.3 is 10.0 Å². The van der Waals surface area contributed by atoms with Crippen LogP contribution in [0.5, 0.6) is 0 Å². The Balaban J connectivity index is 2.37. The van der Waals surface area contributed by atoms with Crippen molar-refractivity contribution in [2.75, 3.05) is 18.0 Å². The van der Waals surface area contributed by atoms with Gasteiger partial charge in [0.25, 0.3) is 0 Å². The van der Waals surface area contributed by atoms with Gasteiger partial charge in [0.2, 0.25) is 0 Å². The second-order valence-electron chi connectivity index (χ2n) is 5.24. The lowest BCUT2D eigenvalue weighted by atomic mass is 9.77. The van der Waals surface area contributed by atoms with Crippen LogP contribution in [0, 0.1) is 16.7 Å². The Kier molecular flexibility index (Phi) is 4.20. The normalized spacial score (nSPS) is 22.4. The molecule has 0 spiro atoms. The van der Waals surface area contributed by atoms with Gasteiger partial charge in [-0.1, -0.05) is 18.5 Å². The smallest absolute Gasteiger partial charge is 0.311 e. The maximum Gasteiger partial charge on any atom is 0.311 e. The van der Waals surface area contributed by atoms with Gasteiger partial charge in [-0.2, -0.15) is 5.26 Å². The van der Waals surface area contributed by atoms with Crippen LogP contribution in [0.2, 0.25) is 5.02 Å². The van der Waals surface area contributed by atoms with Crippen molar-refractivity contribution in [2.45, 2.75) is 26.2 Å². The maximum absolute atomic E-state index is 11.6. The van der Waals surface area contributed by atoms with E-state index in [9.17, 15) is 15.2 Å². The number of rotatable bonds is 3. The molecule has 1 aromatic rings. The molecule has 1 atom stereocenters. The summed E-state index contributed by atoms with van der Waals surface area (Å²) in [5, 5.41) is 19.3. The highest BCUT2D eigenvalue weighted by Gasteiger charge is 2.41. The minimum Gasteiger partial charge on any atom is -0.481 e. The van der Waals surface area contributed by atoms with Gasteiger partial charge in [-0.25, -0.2) is 0 Å². The predicted octanol–water partition coefficient (Wildman–Crippen LogP) is 3.29. The molecule has 5 heteroatoms. The Morgan fingerprint density at radius 3 is 2.95 bits per heavy atom. The van der Waals surface area contributed by atoms with E-state index < -0.39 is 11.4 Å². The summed E-state index contributed by atoms with van der Waals surface area (Å²) >= 11 is 6.01. The number of hydrogen-bond donors (Lipinski definition) is 1. The molecule has 1 aliphatic heterocycles. The van der Waals surface area contributed by atoms with E-state index in [1.54, 1.807) is 18.2 Å². The lowest BCUT2D eigenvalue weighted by Gasteiger charge is -2.41. The summed E-state index contributed by atoms with van der Waals surface area (Å²) in [6, 6.07) is 7.25. The third-order valence-corrected chi connectivity index (χ3v) is 4.36. The van der Waals surface area contributed by atoms with Crippen LogP contribution in [0.3, 0.4) is 0 Å². The Hall–Kier alpha value is -1.73. The molecule has 20 heavy (non-hydrogen) atoms. The van der Waals surface area contributed by atoms with E-state index in [2.05, 4.69) is 6.07 Å². The van der Waals surface area contributed by atoms with Crippen LogP contribution in [0.25, 0.3) is 0 Å². The molecule has 1 saturated heterocycles. The summed E-state index contributed by atoms with van der Waals surface area (Å²) in [5.74, 6) is -0.759. The second-order valence-corrected chi connectivity index (χ2v) is 5.67. The first-order valence-electron chi connectivity index (χ1n) is 6.70. The fraction of sp³-hybridized carbons (Fsp3) is 0.467. The standard InChI is InChI=1S/C15H17ClN2O2/c1-2-15(14(19)20)6-3-7-18(10-15)13-8-12(16)5-4-11(13)9-17/h4-5,8H,2-3,6-7,10H2,1H3,(H,19,20). The number of aliphatic carboxylic acids is 1. The summed E-state index contributed by atoms with van der Waals surface area (Å²) < 4.78 is 0. The van der Waals surface area contributed by atoms with E-state index in [1.165, 1.54) is 0 Å². The summed E-state index contributed by atoms with van der Waals surface area (Å²) in [5.41, 5.74) is 0.540. The van der Waals surface area contributed by atoms with Gasteiger partial charge in [-0.15, -0.1) is 0 Å². The van der Waals surface area contributed by atoms with E-state index in [1.807, 2.05) is 11.8 Å². The van der Waals surface area contributed by atoms with Gasteiger partial charge in [0.15, 0.2) is 0 Å². The molecule has 2 rings (SSSR count). The first-order valence-corrected chi connectivity index (χ1v) is 7.08. The van der Waals surface area contributed by atoms with Crippen molar-refractivity contribution >= 4 is 23.3 Å². The van der Waals surface area contributed by atoms with Gasteiger partial charge in [0.1, 0.15) is 6.07 Å². The molecule has 0 radical (unpaired) electrons. The number of nitrogens with zero attached hydrogens (tertiary/aromatic N) is 2. The number of carbonyl (C=O) groups is 1. The molecular formula is C15H17ClN2O2. The van der Waals surface area contributed by atoms with E-state index in [0.717, 1.165) is 18.7 Å². The molecule has 1 aliphatic rings. The average molecular weight is 293 g/mol. The molecule has 0 amide bonds. The van der Waals surface area contributed by atoms with E-state index >= 15 is 0 Å². The third kappa shape index (κ3) is 2.59. The van der Waals surface area contributed by atoms with Crippen LogP contribution in [0.4, 0.5) is 5.69 Å². The molecule has 106 valence electrons. The van der Waals surface area contributed by atoms with E-state index in [0.29, 0.717) is 30.0 Å². The number of anilines is 1. The predicted molar refractivity (Wildman–Crippen MR) is 78.0 cm³/mol. The largest absolute Gasteiger partial charge is 0.481 e. The number of benzene rings is 1. The zero-order chi connectivity index (χ0) is 14.8. The molecule has 4 nitrogen and oxygen atoms in total. The van der Waals surface area contributed by atoms with Crippen molar-refractivity contribution in [3.63, 3.8) is 0 Å². The number of carboxylic acid groups (broad SMARTS) is 1. The molecule has 1 N–H and O–H groups in total. The Morgan fingerprint density at radius 2 is 2.35 bits per heavy atom. The van der Waals surface area contributed by atoms with Gasteiger partial charge >= 0.3 is 5.97 Å². The summed E-state index contributed by atoms with van der Waals surface area (Å²) in [6.45, 7) is 3.08. The maximum atomic E-state index is 11.6. The van der Waals surface area contributed by atoms with E-state index in [4.69, 9.17) is 11.6 Å². The summed E-state index contributed by atoms with van der Waals surface area (Å²) in [6.07, 6.45) is 2.07. The molecule has 1 fully saturated rings. The summed E-state index contributed by atoms with van der Waals surface area (Å²) in [4.78, 5) is 13.6. The zero-order valence-corrected chi connectivity index (χ0v) is 12.2. The SMILES string of the molecule is CCC1(C(=O)O)CCCN(c2cc(Cl)ccc2C#N)C1. The first kappa shape index (κ1) is 14.7. The van der Waals surface area contributed by atoms with Crippen LogP contribution >= 0.6 is 11.6 Å². The monoisotopic (exact) mass is 292 g/mol. The lowest BCUT2D eigenvalue weighted by molar-refractivity contribution is -0.149. The first-order chi connectivity index (χ1) is 9.52. The highest BCUT2D eigenvalue weighted by atomic mass is 35.5. The Labute approximate surface area is 123 Å². The Bertz CT molecular complexity index is 567. The highest BCUT2D eigenvalue weighted by molar-refractivity contribution is 6.30. The molecule has 0 aliphatic carbocycles. The molecule has 0 saturated carbocycles. The van der Waals surface area contributed by atoms with Crippen LogP contribution in [-0.4, -0.2) is 24.2 Å². The molecule has 1 aromatic carbocycles. The summed E-state index contributed by atoms with van der Waals surface area (Å²) in [7, 11) is 0. The van der Waals surface area contributed by atoms with Crippen molar-refractivity contribution in [1.29, 1.82) is 5.26 Å². The van der Waals surface area contributed by atoms with E-state index in [-0.39, 0.29) is 0 Å².